The molecule has 0 aromatic carbocycles. The van der Waals surface area contributed by atoms with Crippen LogP contribution in [0.1, 0.15) is 17.6 Å². The minimum absolute atomic E-state index is 0.0595. The molecule has 3 aromatic rings. The number of carbonyl (C=O) groups is 1. The SMILES string of the molecule is CCOC(=O)c1nnc(Nc2nc3ncc(Cl)cc3o2)o1. The van der Waals surface area contributed by atoms with Gasteiger partial charge in [0.15, 0.2) is 5.58 Å². The topological polar surface area (TPSA) is 116 Å². The highest BCUT2D eigenvalue weighted by atomic mass is 35.5. The third-order valence-electron chi connectivity index (χ3n) is 2.30. The molecule has 1 N–H and O–H groups in total. The number of aromatic nitrogens is 4. The van der Waals surface area contributed by atoms with Crippen molar-refractivity contribution in [1.82, 2.24) is 20.2 Å². The van der Waals surface area contributed by atoms with Gasteiger partial charge in [0.2, 0.25) is 5.65 Å². The molecule has 0 aliphatic rings. The number of nitrogens with one attached hydrogen (secondary N) is 1. The Balaban J connectivity index is 1.80. The van der Waals surface area contributed by atoms with Crippen LogP contribution in [0.5, 0.6) is 0 Å². The van der Waals surface area contributed by atoms with Crippen LogP contribution >= 0.6 is 11.6 Å². The second-order valence-corrected chi connectivity index (χ2v) is 4.19. The van der Waals surface area contributed by atoms with Crippen molar-refractivity contribution in [3.8, 4) is 0 Å². The molecule has 0 saturated carbocycles. The van der Waals surface area contributed by atoms with Crippen molar-refractivity contribution in [2.45, 2.75) is 6.92 Å². The molecule has 0 spiro atoms. The van der Waals surface area contributed by atoms with Crippen molar-refractivity contribution in [3.63, 3.8) is 0 Å². The summed E-state index contributed by atoms with van der Waals surface area (Å²) in [5.74, 6) is -0.972. The van der Waals surface area contributed by atoms with Crippen LogP contribution < -0.4 is 5.32 Å². The third kappa shape index (κ3) is 2.77. The van der Waals surface area contributed by atoms with Gasteiger partial charge in [-0.2, -0.15) is 4.98 Å². The van der Waals surface area contributed by atoms with E-state index in [1.54, 1.807) is 13.0 Å². The number of anilines is 2. The minimum Gasteiger partial charge on any atom is -0.459 e. The smallest absolute Gasteiger partial charge is 0.396 e. The molecule has 0 fully saturated rings. The van der Waals surface area contributed by atoms with E-state index >= 15 is 0 Å². The molecule has 3 aromatic heterocycles. The first-order valence-electron chi connectivity index (χ1n) is 5.85. The third-order valence-corrected chi connectivity index (χ3v) is 2.51. The average Bonchev–Trinajstić information content (AvgIpc) is 3.05. The number of halogens is 1. The van der Waals surface area contributed by atoms with E-state index in [0.29, 0.717) is 16.3 Å². The van der Waals surface area contributed by atoms with Crippen molar-refractivity contribution in [2.75, 3.05) is 11.9 Å². The van der Waals surface area contributed by atoms with Crippen LogP contribution in [0, 0.1) is 0 Å². The van der Waals surface area contributed by atoms with Gasteiger partial charge < -0.3 is 13.6 Å². The van der Waals surface area contributed by atoms with Gasteiger partial charge >= 0.3 is 23.9 Å². The maximum absolute atomic E-state index is 11.4. The van der Waals surface area contributed by atoms with Gasteiger partial charge in [0.05, 0.1) is 11.6 Å². The molecule has 10 heteroatoms. The lowest BCUT2D eigenvalue weighted by molar-refractivity contribution is 0.0481. The van der Waals surface area contributed by atoms with Gasteiger partial charge in [-0.25, -0.2) is 9.78 Å². The summed E-state index contributed by atoms with van der Waals surface area (Å²) >= 11 is 5.79. The van der Waals surface area contributed by atoms with Crippen LogP contribution in [0.2, 0.25) is 5.02 Å². The summed E-state index contributed by atoms with van der Waals surface area (Å²) in [5.41, 5.74) is 0.766. The number of pyridine rings is 1. The quantitative estimate of drug-likeness (QED) is 0.723. The highest BCUT2D eigenvalue weighted by Crippen LogP contribution is 2.22. The fraction of sp³-hybridized carbons (Fsp3) is 0.182. The van der Waals surface area contributed by atoms with Gasteiger partial charge in [0.1, 0.15) is 0 Å². The lowest BCUT2D eigenvalue weighted by atomic mass is 10.5. The Morgan fingerprint density at radius 3 is 3.05 bits per heavy atom. The number of fused-ring (bicyclic) bond motifs is 1. The van der Waals surface area contributed by atoms with E-state index in [1.165, 1.54) is 6.20 Å². The molecule has 0 saturated heterocycles. The molecule has 0 amide bonds. The molecule has 0 unspecified atom stereocenters. The van der Waals surface area contributed by atoms with E-state index in [2.05, 4.69) is 25.5 Å². The number of ether oxygens (including phenoxy) is 1. The predicted molar refractivity (Wildman–Crippen MR) is 70.4 cm³/mol. The largest absolute Gasteiger partial charge is 0.459 e. The lowest BCUT2D eigenvalue weighted by Gasteiger charge is -1.94. The van der Waals surface area contributed by atoms with Crippen LogP contribution in [0.25, 0.3) is 11.2 Å². The number of nitrogens with zero attached hydrogens (tertiary/aromatic N) is 4. The average molecular weight is 310 g/mol. The Morgan fingerprint density at radius 1 is 1.38 bits per heavy atom. The zero-order chi connectivity index (χ0) is 14.8. The lowest BCUT2D eigenvalue weighted by Crippen LogP contribution is -2.04. The molecule has 0 aliphatic carbocycles. The summed E-state index contributed by atoms with van der Waals surface area (Å²) in [6.07, 6.45) is 1.45. The summed E-state index contributed by atoms with van der Waals surface area (Å²) in [6, 6.07) is 1.59. The van der Waals surface area contributed by atoms with Gasteiger partial charge in [0, 0.05) is 12.3 Å². The van der Waals surface area contributed by atoms with Crippen LogP contribution in [0.4, 0.5) is 12.0 Å². The van der Waals surface area contributed by atoms with Crippen molar-refractivity contribution in [2.24, 2.45) is 0 Å². The maximum atomic E-state index is 11.4. The molecule has 9 nitrogen and oxygen atoms in total. The fourth-order valence-corrected chi connectivity index (χ4v) is 1.64. The number of carbonyl (C=O) groups excluding carboxylic acids is 1. The molecule has 3 rings (SSSR count). The van der Waals surface area contributed by atoms with Gasteiger partial charge in [-0.3, -0.25) is 5.32 Å². The summed E-state index contributed by atoms with van der Waals surface area (Å²) in [4.78, 5) is 19.4. The molecule has 0 atom stereocenters. The zero-order valence-corrected chi connectivity index (χ0v) is 11.4. The molecule has 21 heavy (non-hydrogen) atoms. The number of oxazole rings is 1. The van der Waals surface area contributed by atoms with Crippen molar-refractivity contribution >= 4 is 40.8 Å². The fourth-order valence-electron chi connectivity index (χ4n) is 1.49. The van der Waals surface area contributed by atoms with Crippen LogP contribution in [0.3, 0.4) is 0 Å². The van der Waals surface area contributed by atoms with E-state index in [0.717, 1.165) is 0 Å². The number of hydrogen-bond donors (Lipinski definition) is 1. The first kappa shape index (κ1) is 13.3. The van der Waals surface area contributed by atoms with E-state index < -0.39 is 5.97 Å². The van der Waals surface area contributed by atoms with Crippen molar-refractivity contribution < 1.29 is 18.4 Å². The summed E-state index contributed by atoms with van der Waals surface area (Å²) in [7, 11) is 0. The normalized spacial score (nSPS) is 10.8. The monoisotopic (exact) mass is 309 g/mol. The summed E-state index contributed by atoms with van der Waals surface area (Å²) in [6.45, 7) is 1.88. The Bertz CT molecular complexity index is 799. The highest BCUT2D eigenvalue weighted by molar-refractivity contribution is 6.30. The molecule has 108 valence electrons. The molecular formula is C11H8ClN5O4. The van der Waals surface area contributed by atoms with E-state index in [1.807, 2.05) is 0 Å². The van der Waals surface area contributed by atoms with E-state index in [-0.39, 0.29) is 24.5 Å². The summed E-state index contributed by atoms with van der Waals surface area (Å²) in [5, 5.41) is 10.2. The number of esters is 1. The first-order chi connectivity index (χ1) is 10.2. The van der Waals surface area contributed by atoms with Gasteiger partial charge in [-0.05, 0) is 6.92 Å². The molecule has 0 radical (unpaired) electrons. The maximum Gasteiger partial charge on any atom is 0.396 e. The Kier molecular flexibility index (Phi) is 3.40. The number of hydrogen-bond acceptors (Lipinski definition) is 9. The van der Waals surface area contributed by atoms with E-state index in [9.17, 15) is 4.79 Å². The Morgan fingerprint density at radius 2 is 2.24 bits per heavy atom. The second kappa shape index (κ2) is 5.37. The Labute approximate surface area is 122 Å². The van der Waals surface area contributed by atoms with Gasteiger partial charge in [-0.15, -0.1) is 0 Å². The molecule has 3 heterocycles. The minimum atomic E-state index is -0.705. The van der Waals surface area contributed by atoms with Crippen molar-refractivity contribution in [1.29, 1.82) is 0 Å². The van der Waals surface area contributed by atoms with Gasteiger partial charge in [-0.1, -0.05) is 21.8 Å². The second-order valence-electron chi connectivity index (χ2n) is 3.75. The molecule has 0 aliphatic heterocycles. The van der Waals surface area contributed by atoms with E-state index in [4.69, 9.17) is 25.2 Å². The van der Waals surface area contributed by atoms with Crippen LogP contribution in [-0.4, -0.2) is 32.7 Å². The Hall–Kier alpha value is -2.68. The van der Waals surface area contributed by atoms with Crippen molar-refractivity contribution in [3.05, 3.63) is 23.2 Å². The predicted octanol–water partition coefficient (Wildman–Crippen LogP) is 2.18. The van der Waals surface area contributed by atoms with Gasteiger partial charge in [0.25, 0.3) is 0 Å². The number of rotatable bonds is 4. The highest BCUT2D eigenvalue weighted by Gasteiger charge is 2.17. The summed E-state index contributed by atoms with van der Waals surface area (Å²) < 4.78 is 15.2. The first-order valence-corrected chi connectivity index (χ1v) is 6.23. The standard InChI is InChI=1S/C11H8ClN5O4/c1-2-19-9(18)8-16-17-11(21-8)15-10-14-7-6(20-10)3-5(12)4-13-7/h3-4H,2H2,1H3,(H,13,14,15,17). The molecule has 0 bridgehead atoms. The van der Waals surface area contributed by atoms with Crippen LogP contribution in [0.15, 0.2) is 21.1 Å². The van der Waals surface area contributed by atoms with Crippen LogP contribution in [-0.2, 0) is 4.74 Å². The molecular weight excluding hydrogens is 302 g/mol. The zero-order valence-electron chi connectivity index (χ0n) is 10.7.